The molecule has 0 saturated heterocycles. The molecule has 1 unspecified atom stereocenters. The van der Waals surface area contributed by atoms with Crippen molar-refractivity contribution >= 4 is 5.91 Å². The molecular weight excluding hydrogens is 242 g/mol. The third-order valence-electron chi connectivity index (χ3n) is 3.02. The number of likely N-dealkylation sites (N-methyl/N-ethyl adjacent to an activating group) is 1. The van der Waals surface area contributed by atoms with Gasteiger partial charge < -0.3 is 14.7 Å². The fourth-order valence-electron chi connectivity index (χ4n) is 1.76. The van der Waals surface area contributed by atoms with Crippen LogP contribution in [-0.4, -0.2) is 42.2 Å². The minimum Gasteiger partial charge on any atom is -0.481 e. The first kappa shape index (κ1) is 15.5. The maximum absolute atomic E-state index is 11.9. The van der Waals surface area contributed by atoms with Gasteiger partial charge in [-0.05, 0) is 30.5 Å². The van der Waals surface area contributed by atoms with E-state index in [1.807, 2.05) is 24.3 Å². The second-order valence-corrected chi connectivity index (χ2v) is 4.97. The van der Waals surface area contributed by atoms with Crippen molar-refractivity contribution in [1.29, 1.82) is 0 Å². The van der Waals surface area contributed by atoms with E-state index in [0.717, 1.165) is 0 Å². The Morgan fingerprint density at radius 3 is 2.32 bits per heavy atom. The monoisotopic (exact) mass is 265 g/mol. The molecule has 0 aliphatic rings. The normalized spacial score (nSPS) is 12.3. The minimum atomic E-state index is -0.554. The van der Waals surface area contributed by atoms with Gasteiger partial charge in [0.05, 0.1) is 6.61 Å². The molecule has 1 N–H and O–H groups in total. The zero-order valence-corrected chi connectivity index (χ0v) is 12.1. The third kappa shape index (κ3) is 4.56. The van der Waals surface area contributed by atoms with Crippen LogP contribution in [0, 0.1) is 0 Å². The van der Waals surface area contributed by atoms with E-state index in [-0.39, 0.29) is 12.5 Å². The Balaban J connectivity index is 2.61. The van der Waals surface area contributed by atoms with Crippen molar-refractivity contribution in [2.75, 3.05) is 20.2 Å². The molecule has 1 aromatic rings. The van der Waals surface area contributed by atoms with Gasteiger partial charge in [-0.1, -0.05) is 26.0 Å². The molecule has 0 aliphatic heterocycles. The summed E-state index contributed by atoms with van der Waals surface area (Å²) in [6.07, 6.45) is -0.554. The summed E-state index contributed by atoms with van der Waals surface area (Å²) in [5.74, 6) is 1.02. The highest BCUT2D eigenvalue weighted by Gasteiger charge is 2.18. The predicted octanol–water partition coefficient (Wildman–Crippen LogP) is 2.03. The summed E-state index contributed by atoms with van der Waals surface area (Å²) >= 11 is 0. The van der Waals surface area contributed by atoms with Crippen molar-refractivity contribution in [2.24, 2.45) is 0 Å². The fraction of sp³-hybridized carbons (Fsp3) is 0.533. The quantitative estimate of drug-likeness (QED) is 0.856. The van der Waals surface area contributed by atoms with Crippen LogP contribution >= 0.6 is 0 Å². The number of carbonyl (C=O) groups excluding carboxylic acids is 1. The number of aliphatic hydroxyl groups excluding tert-OH is 1. The predicted molar refractivity (Wildman–Crippen MR) is 75.3 cm³/mol. The van der Waals surface area contributed by atoms with Crippen LogP contribution in [0.25, 0.3) is 0 Å². The van der Waals surface area contributed by atoms with Gasteiger partial charge in [-0.15, -0.1) is 0 Å². The van der Waals surface area contributed by atoms with Crippen molar-refractivity contribution in [2.45, 2.75) is 32.8 Å². The van der Waals surface area contributed by atoms with Gasteiger partial charge >= 0.3 is 0 Å². The second kappa shape index (κ2) is 7.14. The molecule has 1 rings (SSSR count). The summed E-state index contributed by atoms with van der Waals surface area (Å²) in [6.45, 7) is 6.25. The molecule has 0 spiro atoms. The molecule has 19 heavy (non-hydrogen) atoms. The Hall–Kier alpha value is -1.55. The van der Waals surface area contributed by atoms with E-state index in [1.54, 1.807) is 14.0 Å². The maximum atomic E-state index is 11.9. The van der Waals surface area contributed by atoms with Crippen LogP contribution in [0.4, 0.5) is 0 Å². The topological polar surface area (TPSA) is 49.8 Å². The van der Waals surface area contributed by atoms with Crippen LogP contribution in [0.3, 0.4) is 0 Å². The minimum absolute atomic E-state index is 0.0436. The van der Waals surface area contributed by atoms with Crippen LogP contribution in [-0.2, 0) is 4.79 Å². The van der Waals surface area contributed by atoms with Crippen LogP contribution in [0.15, 0.2) is 24.3 Å². The van der Waals surface area contributed by atoms with Crippen LogP contribution in [0.2, 0.25) is 0 Å². The molecule has 0 bridgehead atoms. The number of hydrogen-bond acceptors (Lipinski definition) is 3. The number of ether oxygens (including phenoxy) is 1. The largest absolute Gasteiger partial charge is 0.481 e. The van der Waals surface area contributed by atoms with Gasteiger partial charge in [0.1, 0.15) is 5.75 Å². The first-order valence-corrected chi connectivity index (χ1v) is 6.58. The highest BCUT2D eigenvalue weighted by atomic mass is 16.5. The molecule has 1 atom stereocenters. The maximum Gasteiger partial charge on any atom is 0.263 e. The Bertz CT molecular complexity index is 400. The highest BCUT2D eigenvalue weighted by Crippen LogP contribution is 2.19. The first-order chi connectivity index (χ1) is 8.95. The van der Waals surface area contributed by atoms with E-state index in [2.05, 4.69) is 13.8 Å². The lowest BCUT2D eigenvalue weighted by Crippen LogP contribution is -2.39. The van der Waals surface area contributed by atoms with E-state index in [1.165, 1.54) is 10.5 Å². The average Bonchev–Trinajstić information content (AvgIpc) is 2.38. The fourth-order valence-corrected chi connectivity index (χ4v) is 1.76. The lowest BCUT2D eigenvalue weighted by molar-refractivity contribution is -0.137. The van der Waals surface area contributed by atoms with E-state index in [4.69, 9.17) is 9.84 Å². The molecule has 4 heteroatoms. The number of amides is 1. The molecule has 0 fully saturated rings. The molecule has 0 radical (unpaired) electrons. The van der Waals surface area contributed by atoms with E-state index >= 15 is 0 Å². The lowest BCUT2D eigenvalue weighted by Gasteiger charge is -2.21. The van der Waals surface area contributed by atoms with Gasteiger partial charge in [0, 0.05) is 13.6 Å². The number of benzene rings is 1. The van der Waals surface area contributed by atoms with Gasteiger partial charge in [0.25, 0.3) is 5.91 Å². The van der Waals surface area contributed by atoms with Crippen LogP contribution < -0.4 is 4.74 Å². The van der Waals surface area contributed by atoms with Crippen molar-refractivity contribution in [3.63, 3.8) is 0 Å². The first-order valence-electron chi connectivity index (χ1n) is 6.58. The van der Waals surface area contributed by atoms with E-state index in [0.29, 0.717) is 18.2 Å². The smallest absolute Gasteiger partial charge is 0.263 e. The van der Waals surface area contributed by atoms with Crippen molar-refractivity contribution in [1.82, 2.24) is 4.90 Å². The number of rotatable bonds is 6. The van der Waals surface area contributed by atoms with Crippen molar-refractivity contribution < 1.29 is 14.6 Å². The summed E-state index contributed by atoms with van der Waals surface area (Å²) in [5, 5.41) is 8.80. The summed E-state index contributed by atoms with van der Waals surface area (Å²) in [4.78, 5) is 13.4. The van der Waals surface area contributed by atoms with Crippen LogP contribution in [0.5, 0.6) is 5.75 Å². The number of hydrogen-bond donors (Lipinski definition) is 1. The van der Waals surface area contributed by atoms with Crippen molar-refractivity contribution in [3.8, 4) is 5.75 Å². The molecule has 0 aliphatic carbocycles. The summed E-state index contributed by atoms with van der Waals surface area (Å²) in [7, 11) is 1.65. The Morgan fingerprint density at radius 2 is 1.84 bits per heavy atom. The van der Waals surface area contributed by atoms with Gasteiger partial charge in [0.15, 0.2) is 6.10 Å². The zero-order chi connectivity index (χ0) is 14.4. The summed E-state index contributed by atoms with van der Waals surface area (Å²) in [6, 6.07) is 7.78. The third-order valence-corrected chi connectivity index (χ3v) is 3.02. The standard InChI is InChI=1S/C15H23NO3/c1-11(2)13-5-7-14(8-6-13)19-12(3)15(18)16(4)9-10-17/h5-8,11-12,17H,9-10H2,1-4H3. The van der Waals surface area contributed by atoms with Gasteiger partial charge in [-0.25, -0.2) is 0 Å². The highest BCUT2D eigenvalue weighted by molar-refractivity contribution is 5.80. The molecule has 1 amide bonds. The van der Waals surface area contributed by atoms with Crippen molar-refractivity contribution in [3.05, 3.63) is 29.8 Å². The number of carbonyl (C=O) groups is 1. The SMILES string of the molecule is CC(Oc1ccc(C(C)C)cc1)C(=O)N(C)CCO. The second-order valence-electron chi connectivity index (χ2n) is 4.97. The summed E-state index contributed by atoms with van der Waals surface area (Å²) < 4.78 is 5.61. The van der Waals surface area contributed by atoms with Gasteiger partial charge in [-0.3, -0.25) is 4.79 Å². The van der Waals surface area contributed by atoms with Crippen LogP contribution in [0.1, 0.15) is 32.3 Å². The average molecular weight is 265 g/mol. The molecular formula is C15H23NO3. The molecule has 106 valence electrons. The number of aliphatic hydroxyl groups is 1. The van der Waals surface area contributed by atoms with Gasteiger partial charge in [-0.2, -0.15) is 0 Å². The lowest BCUT2D eigenvalue weighted by atomic mass is 10.0. The molecule has 1 aromatic carbocycles. The molecule has 0 heterocycles. The Labute approximate surface area is 115 Å². The molecule has 0 saturated carbocycles. The number of nitrogens with zero attached hydrogens (tertiary/aromatic N) is 1. The molecule has 4 nitrogen and oxygen atoms in total. The zero-order valence-electron chi connectivity index (χ0n) is 12.1. The Morgan fingerprint density at radius 1 is 1.26 bits per heavy atom. The molecule has 0 aromatic heterocycles. The van der Waals surface area contributed by atoms with Gasteiger partial charge in [0.2, 0.25) is 0 Å². The van der Waals surface area contributed by atoms with E-state index < -0.39 is 6.10 Å². The van der Waals surface area contributed by atoms with E-state index in [9.17, 15) is 4.79 Å². The Kier molecular flexibility index (Phi) is 5.83. The summed E-state index contributed by atoms with van der Waals surface area (Å²) in [5.41, 5.74) is 1.24.